The molecule has 0 aliphatic rings. The lowest BCUT2D eigenvalue weighted by Crippen LogP contribution is -2.19. The van der Waals surface area contributed by atoms with Gasteiger partial charge in [0.25, 0.3) is 0 Å². The van der Waals surface area contributed by atoms with E-state index in [2.05, 4.69) is 0 Å². The number of ether oxygens (including phenoxy) is 1. The van der Waals surface area contributed by atoms with Gasteiger partial charge in [0.05, 0.1) is 13.2 Å². The van der Waals surface area contributed by atoms with Crippen LogP contribution >= 0.6 is 0 Å². The van der Waals surface area contributed by atoms with Crippen LogP contribution in [0.4, 0.5) is 10.1 Å². The summed E-state index contributed by atoms with van der Waals surface area (Å²) in [6.07, 6.45) is -0.848. The van der Waals surface area contributed by atoms with E-state index in [9.17, 15) is 9.50 Å². The first kappa shape index (κ1) is 15.3. The van der Waals surface area contributed by atoms with Crippen molar-refractivity contribution in [2.24, 2.45) is 0 Å². The van der Waals surface area contributed by atoms with Crippen molar-refractivity contribution in [3.05, 3.63) is 59.4 Å². The lowest BCUT2D eigenvalue weighted by Gasteiger charge is -2.24. The third-order valence-corrected chi connectivity index (χ3v) is 3.44. The first-order valence-corrected chi connectivity index (χ1v) is 6.83. The second-order valence-electron chi connectivity index (χ2n) is 5.05. The quantitative estimate of drug-likeness (QED) is 0.914. The van der Waals surface area contributed by atoms with E-state index in [1.165, 1.54) is 6.07 Å². The summed E-state index contributed by atoms with van der Waals surface area (Å²) in [6, 6.07) is 12.6. The first-order chi connectivity index (χ1) is 10.0. The summed E-state index contributed by atoms with van der Waals surface area (Å²) in [6.45, 7) is 2.19. The zero-order chi connectivity index (χ0) is 15.4. The van der Waals surface area contributed by atoms with E-state index in [1.54, 1.807) is 20.1 Å². The summed E-state index contributed by atoms with van der Waals surface area (Å²) in [7, 11) is 3.51. The molecule has 0 unspecified atom stereocenters. The maximum Gasteiger partial charge on any atom is 0.131 e. The van der Waals surface area contributed by atoms with Crippen LogP contribution in [0, 0.1) is 5.82 Å². The number of hydrogen-bond acceptors (Lipinski definition) is 3. The predicted octanol–water partition coefficient (Wildman–Crippen LogP) is 3.52. The standard InChI is InChI=1S/C17H20FNO2/c1-12(20)17-15(18)5-4-6-16(17)19(2)11-13-7-9-14(21-3)10-8-13/h4-10,12,20H,11H2,1-3H3/t12-/m0/s1. The van der Waals surface area contributed by atoms with E-state index in [4.69, 9.17) is 4.74 Å². The number of nitrogens with zero attached hydrogens (tertiary/aromatic N) is 1. The van der Waals surface area contributed by atoms with Crippen LogP contribution in [0.15, 0.2) is 42.5 Å². The van der Waals surface area contributed by atoms with Crippen molar-refractivity contribution in [3.8, 4) is 5.75 Å². The second kappa shape index (κ2) is 6.59. The topological polar surface area (TPSA) is 32.7 Å². The zero-order valence-electron chi connectivity index (χ0n) is 12.5. The van der Waals surface area contributed by atoms with Crippen LogP contribution < -0.4 is 9.64 Å². The normalized spacial score (nSPS) is 12.0. The van der Waals surface area contributed by atoms with Crippen LogP contribution in [-0.4, -0.2) is 19.3 Å². The lowest BCUT2D eigenvalue weighted by molar-refractivity contribution is 0.194. The number of aliphatic hydroxyl groups excluding tert-OH is 1. The average molecular weight is 289 g/mol. The molecule has 3 nitrogen and oxygen atoms in total. The smallest absolute Gasteiger partial charge is 0.131 e. The molecule has 0 radical (unpaired) electrons. The molecule has 0 aliphatic heterocycles. The third kappa shape index (κ3) is 3.52. The molecule has 1 atom stereocenters. The molecule has 2 aromatic carbocycles. The largest absolute Gasteiger partial charge is 0.497 e. The van der Waals surface area contributed by atoms with Crippen molar-refractivity contribution >= 4 is 5.69 Å². The summed E-state index contributed by atoms with van der Waals surface area (Å²) < 4.78 is 19.0. The van der Waals surface area contributed by atoms with Crippen molar-refractivity contribution in [3.63, 3.8) is 0 Å². The molecule has 0 saturated heterocycles. The fourth-order valence-corrected chi connectivity index (χ4v) is 2.36. The molecule has 0 fully saturated rings. The van der Waals surface area contributed by atoms with E-state index in [1.807, 2.05) is 42.3 Å². The van der Waals surface area contributed by atoms with Crippen molar-refractivity contribution in [2.45, 2.75) is 19.6 Å². The van der Waals surface area contributed by atoms with Gasteiger partial charge in [-0.05, 0) is 36.8 Å². The van der Waals surface area contributed by atoms with Crippen LogP contribution in [0.3, 0.4) is 0 Å². The van der Waals surface area contributed by atoms with E-state index in [-0.39, 0.29) is 5.82 Å². The minimum absolute atomic E-state index is 0.327. The fraction of sp³-hybridized carbons (Fsp3) is 0.294. The molecule has 0 spiro atoms. The number of hydrogen-bond donors (Lipinski definition) is 1. The van der Waals surface area contributed by atoms with Gasteiger partial charge in [0, 0.05) is 24.8 Å². The summed E-state index contributed by atoms with van der Waals surface area (Å²) >= 11 is 0. The molecule has 0 amide bonds. The highest BCUT2D eigenvalue weighted by Gasteiger charge is 2.16. The van der Waals surface area contributed by atoms with Gasteiger partial charge < -0.3 is 14.7 Å². The van der Waals surface area contributed by atoms with Gasteiger partial charge in [-0.2, -0.15) is 0 Å². The molecule has 0 heterocycles. The van der Waals surface area contributed by atoms with Crippen LogP contribution in [0.1, 0.15) is 24.2 Å². The average Bonchev–Trinajstić information content (AvgIpc) is 2.47. The van der Waals surface area contributed by atoms with Gasteiger partial charge in [0.2, 0.25) is 0 Å². The van der Waals surface area contributed by atoms with E-state index >= 15 is 0 Å². The highest BCUT2D eigenvalue weighted by molar-refractivity contribution is 5.55. The van der Waals surface area contributed by atoms with Crippen molar-refractivity contribution < 1.29 is 14.2 Å². The van der Waals surface area contributed by atoms with E-state index in [0.29, 0.717) is 17.8 Å². The zero-order valence-corrected chi connectivity index (χ0v) is 12.5. The maximum atomic E-state index is 13.9. The van der Waals surface area contributed by atoms with Crippen molar-refractivity contribution in [1.29, 1.82) is 0 Å². The SMILES string of the molecule is COc1ccc(CN(C)c2cccc(F)c2[C@H](C)O)cc1. The molecular weight excluding hydrogens is 269 g/mol. The summed E-state index contributed by atoms with van der Waals surface area (Å²) in [4.78, 5) is 1.92. The molecule has 0 aromatic heterocycles. The minimum atomic E-state index is -0.848. The molecule has 0 bridgehead atoms. The molecule has 0 aliphatic carbocycles. The van der Waals surface area contributed by atoms with Gasteiger partial charge in [-0.25, -0.2) is 4.39 Å². The van der Waals surface area contributed by atoms with Crippen molar-refractivity contribution in [1.82, 2.24) is 0 Å². The van der Waals surface area contributed by atoms with Crippen LogP contribution in [0.25, 0.3) is 0 Å². The number of rotatable bonds is 5. The molecule has 2 aromatic rings. The van der Waals surface area contributed by atoms with Crippen LogP contribution in [-0.2, 0) is 6.54 Å². The Morgan fingerprint density at radius 3 is 2.43 bits per heavy atom. The fourth-order valence-electron chi connectivity index (χ4n) is 2.36. The van der Waals surface area contributed by atoms with Gasteiger partial charge in [-0.1, -0.05) is 18.2 Å². The predicted molar refractivity (Wildman–Crippen MR) is 82.1 cm³/mol. The number of aliphatic hydroxyl groups is 1. The Morgan fingerprint density at radius 2 is 1.86 bits per heavy atom. The number of anilines is 1. The number of halogens is 1. The van der Waals surface area contributed by atoms with Gasteiger partial charge in [0.1, 0.15) is 11.6 Å². The Morgan fingerprint density at radius 1 is 1.19 bits per heavy atom. The maximum absolute atomic E-state index is 13.9. The van der Waals surface area contributed by atoms with Gasteiger partial charge in [0.15, 0.2) is 0 Å². The second-order valence-corrected chi connectivity index (χ2v) is 5.05. The molecule has 2 rings (SSSR count). The van der Waals surface area contributed by atoms with Gasteiger partial charge in [-0.3, -0.25) is 0 Å². The van der Waals surface area contributed by atoms with Crippen LogP contribution in [0.2, 0.25) is 0 Å². The summed E-state index contributed by atoms with van der Waals surface area (Å²) in [5, 5.41) is 9.79. The number of benzene rings is 2. The molecular formula is C17H20FNO2. The molecule has 0 saturated carbocycles. The van der Waals surface area contributed by atoms with E-state index < -0.39 is 6.10 Å². The van der Waals surface area contributed by atoms with Gasteiger partial charge >= 0.3 is 0 Å². The monoisotopic (exact) mass is 289 g/mol. The Bertz CT molecular complexity index is 596. The highest BCUT2D eigenvalue weighted by Crippen LogP contribution is 2.29. The molecule has 1 N–H and O–H groups in total. The van der Waals surface area contributed by atoms with Crippen molar-refractivity contribution in [2.75, 3.05) is 19.1 Å². The molecule has 21 heavy (non-hydrogen) atoms. The molecule has 4 heteroatoms. The minimum Gasteiger partial charge on any atom is -0.497 e. The summed E-state index contributed by atoms with van der Waals surface area (Å²) in [5.41, 5.74) is 2.11. The first-order valence-electron chi connectivity index (χ1n) is 6.83. The summed E-state index contributed by atoms with van der Waals surface area (Å²) in [5.74, 6) is 0.418. The van der Waals surface area contributed by atoms with E-state index in [0.717, 1.165) is 11.3 Å². The Hall–Kier alpha value is -2.07. The lowest BCUT2D eigenvalue weighted by atomic mass is 10.1. The Balaban J connectivity index is 2.23. The number of methoxy groups -OCH3 is 1. The van der Waals surface area contributed by atoms with Gasteiger partial charge in [-0.15, -0.1) is 0 Å². The Labute approximate surface area is 124 Å². The van der Waals surface area contributed by atoms with Crippen LogP contribution in [0.5, 0.6) is 5.75 Å². The highest BCUT2D eigenvalue weighted by atomic mass is 19.1. The Kier molecular flexibility index (Phi) is 4.81. The molecule has 112 valence electrons. The third-order valence-electron chi connectivity index (χ3n) is 3.44.